The van der Waals surface area contributed by atoms with E-state index in [0.717, 1.165) is 6.92 Å². The molecule has 0 bridgehead atoms. The lowest BCUT2D eigenvalue weighted by Gasteiger charge is -2.17. The van der Waals surface area contributed by atoms with Crippen LogP contribution in [0.15, 0.2) is 11.1 Å². The third-order valence-electron chi connectivity index (χ3n) is 1.79. The largest absolute Gasteiger partial charge is 0.388 e. The van der Waals surface area contributed by atoms with Gasteiger partial charge in [-0.3, -0.25) is 0 Å². The van der Waals surface area contributed by atoms with E-state index in [4.69, 9.17) is 15.3 Å². The van der Waals surface area contributed by atoms with E-state index in [0.29, 0.717) is 0 Å². The first kappa shape index (κ1) is 15.1. The summed E-state index contributed by atoms with van der Waals surface area (Å²) in [7, 11) is 0. The van der Waals surface area contributed by atoms with E-state index in [1.807, 2.05) is 0 Å². The quantitative estimate of drug-likeness (QED) is 0.433. The zero-order valence-electron chi connectivity index (χ0n) is 9.42. The Labute approximate surface area is 80.7 Å². The van der Waals surface area contributed by atoms with Crippen LogP contribution in [-0.4, -0.2) is 27.2 Å². The lowest BCUT2D eigenvalue weighted by atomic mass is 10.2. The molecule has 0 saturated heterocycles. The minimum atomic E-state index is -1.94. The summed E-state index contributed by atoms with van der Waals surface area (Å²) >= 11 is 0. The second kappa shape index (κ2) is 6.13. The molecule has 0 amide bonds. The molecule has 3 nitrogen and oxygen atoms in total. The van der Waals surface area contributed by atoms with Gasteiger partial charge in [0.1, 0.15) is 6.10 Å². The summed E-state index contributed by atoms with van der Waals surface area (Å²) in [4.78, 5) is 0. The molecule has 0 heterocycles. The maximum absolute atomic E-state index is 8.40. The van der Waals surface area contributed by atoms with Gasteiger partial charge in [0.25, 0.3) is 0 Å². The zero-order valence-corrected chi connectivity index (χ0v) is 9.42. The number of rotatable bonds is 1. The van der Waals surface area contributed by atoms with Crippen LogP contribution in [0.4, 0.5) is 0 Å². The lowest BCUT2D eigenvalue weighted by molar-refractivity contribution is -0.205. The highest BCUT2D eigenvalue weighted by atomic mass is 16.5. The fourth-order valence-electron chi connectivity index (χ4n) is 0. The molecular weight excluding hydrogens is 168 g/mol. The Kier molecular flexibility index (Phi) is 7.13. The van der Waals surface area contributed by atoms with Gasteiger partial charge in [-0.05, 0) is 41.5 Å². The van der Waals surface area contributed by atoms with Gasteiger partial charge >= 0.3 is 0 Å². The van der Waals surface area contributed by atoms with Crippen LogP contribution in [0.1, 0.15) is 41.5 Å². The molecule has 1 unspecified atom stereocenters. The molecule has 3 N–H and O–H groups in total. The number of hydrogen-bond donors (Lipinski definition) is 3. The molecule has 0 fully saturated rings. The van der Waals surface area contributed by atoms with E-state index in [1.165, 1.54) is 18.1 Å². The predicted molar refractivity (Wildman–Crippen MR) is 54.2 cm³/mol. The van der Waals surface area contributed by atoms with Gasteiger partial charge in [-0.15, -0.1) is 0 Å². The molecular formula is C10H22O3. The normalized spacial score (nSPS) is 12.7. The minimum absolute atomic E-state index is 1.09. The van der Waals surface area contributed by atoms with Gasteiger partial charge in [0.2, 0.25) is 0 Å². The maximum atomic E-state index is 8.40. The lowest BCUT2D eigenvalue weighted by Crippen LogP contribution is -2.36. The van der Waals surface area contributed by atoms with Gasteiger partial charge in [-0.1, -0.05) is 11.1 Å². The van der Waals surface area contributed by atoms with Crippen molar-refractivity contribution in [2.45, 2.75) is 53.4 Å². The van der Waals surface area contributed by atoms with Crippen LogP contribution in [0.3, 0.4) is 0 Å². The van der Waals surface area contributed by atoms with Gasteiger partial charge in [0.15, 0.2) is 5.79 Å². The molecule has 13 heavy (non-hydrogen) atoms. The van der Waals surface area contributed by atoms with Crippen LogP contribution in [0.2, 0.25) is 0 Å². The highest BCUT2D eigenvalue weighted by molar-refractivity contribution is 5.02. The molecule has 3 heteroatoms. The van der Waals surface area contributed by atoms with E-state index < -0.39 is 11.9 Å². The Bertz CT molecular complexity index is 145. The van der Waals surface area contributed by atoms with Crippen LogP contribution in [0.25, 0.3) is 0 Å². The average molecular weight is 190 g/mol. The number of hydrogen-bond acceptors (Lipinski definition) is 3. The Balaban J connectivity index is 0. The second-order valence-corrected chi connectivity index (χ2v) is 3.77. The van der Waals surface area contributed by atoms with Crippen LogP contribution in [0, 0.1) is 0 Å². The van der Waals surface area contributed by atoms with Gasteiger partial charge in [-0.25, -0.2) is 0 Å². The topological polar surface area (TPSA) is 60.7 Å². The van der Waals surface area contributed by atoms with E-state index in [1.54, 1.807) is 0 Å². The van der Waals surface area contributed by atoms with Crippen molar-refractivity contribution in [2.75, 3.05) is 0 Å². The third kappa shape index (κ3) is 11.6. The summed E-state index contributed by atoms with van der Waals surface area (Å²) in [5.74, 6) is -1.94. The van der Waals surface area contributed by atoms with Crippen LogP contribution < -0.4 is 0 Å². The summed E-state index contributed by atoms with van der Waals surface area (Å²) in [5.41, 5.74) is 2.85. The smallest absolute Gasteiger partial charge is 0.186 e. The molecule has 80 valence electrons. The Morgan fingerprint density at radius 3 is 1.15 bits per heavy atom. The van der Waals surface area contributed by atoms with E-state index in [2.05, 4.69) is 27.7 Å². The summed E-state index contributed by atoms with van der Waals surface area (Å²) in [6, 6.07) is 0. The van der Waals surface area contributed by atoms with Crippen molar-refractivity contribution in [2.24, 2.45) is 0 Å². The van der Waals surface area contributed by atoms with Crippen LogP contribution in [0.5, 0.6) is 0 Å². The molecule has 1 atom stereocenters. The highest BCUT2D eigenvalue weighted by Crippen LogP contribution is 2.01. The molecule has 0 radical (unpaired) electrons. The average Bonchev–Trinajstić information content (AvgIpc) is 1.86. The van der Waals surface area contributed by atoms with Gasteiger partial charge in [0, 0.05) is 0 Å². The summed E-state index contributed by atoms with van der Waals surface area (Å²) in [5, 5.41) is 25.2. The molecule has 0 spiro atoms. The Morgan fingerprint density at radius 2 is 1.15 bits per heavy atom. The SMILES string of the molecule is CC(C)=C(C)C.CC(O)C(C)(O)O. The fraction of sp³-hybridized carbons (Fsp3) is 0.800. The summed E-state index contributed by atoms with van der Waals surface area (Å²) in [6.07, 6.45) is -1.09. The molecule has 0 aromatic carbocycles. The monoisotopic (exact) mass is 190 g/mol. The summed E-state index contributed by atoms with van der Waals surface area (Å²) < 4.78 is 0. The van der Waals surface area contributed by atoms with Crippen molar-refractivity contribution in [1.82, 2.24) is 0 Å². The van der Waals surface area contributed by atoms with E-state index in [-0.39, 0.29) is 0 Å². The minimum Gasteiger partial charge on any atom is -0.388 e. The highest BCUT2D eigenvalue weighted by Gasteiger charge is 2.21. The van der Waals surface area contributed by atoms with Gasteiger partial charge in [0.05, 0.1) is 0 Å². The number of aliphatic hydroxyl groups excluding tert-OH is 1. The molecule has 0 aliphatic carbocycles. The molecule has 0 aliphatic rings. The first-order valence-electron chi connectivity index (χ1n) is 4.32. The Morgan fingerprint density at radius 1 is 1.00 bits per heavy atom. The zero-order chi connectivity index (χ0) is 11.2. The summed E-state index contributed by atoms with van der Waals surface area (Å²) in [6.45, 7) is 10.9. The van der Waals surface area contributed by atoms with Crippen molar-refractivity contribution in [1.29, 1.82) is 0 Å². The third-order valence-corrected chi connectivity index (χ3v) is 1.79. The molecule has 0 rings (SSSR count). The van der Waals surface area contributed by atoms with Crippen molar-refractivity contribution in [3.05, 3.63) is 11.1 Å². The second-order valence-electron chi connectivity index (χ2n) is 3.77. The number of allylic oxidation sites excluding steroid dienone is 2. The van der Waals surface area contributed by atoms with E-state index in [9.17, 15) is 0 Å². The Hall–Kier alpha value is -0.380. The molecule has 0 aromatic heterocycles. The fourth-order valence-corrected chi connectivity index (χ4v) is 0. The van der Waals surface area contributed by atoms with Crippen molar-refractivity contribution in [3.63, 3.8) is 0 Å². The van der Waals surface area contributed by atoms with Crippen LogP contribution >= 0.6 is 0 Å². The molecule has 0 aliphatic heterocycles. The van der Waals surface area contributed by atoms with E-state index >= 15 is 0 Å². The first-order valence-corrected chi connectivity index (χ1v) is 4.32. The predicted octanol–water partition coefficient (Wildman–Crippen LogP) is 1.43. The van der Waals surface area contributed by atoms with Gasteiger partial charge < -0.3 is 15.3 Å². The van der Waals surface area contributed by atoms with Crippen molar-refractivity contribution >= 4 is 0 Å². The molecule has 0 saturated carbocycles. The number of aliphatic hydroxyl groups is 3. The molecule has 0 aromatic rings. The van der Waals surface area contributed by atoms with Crippen molar-refractivity contribution < 1.29 is 15.3 Å². The van der Waals surface area contributed by atoms with Crippen molar-refractivity contribution in [3.8, 4) is 0 Å². The standard InChI is InChI=1S/C6H12.C4H10O3/c1-5(2)6(3)4;1-3(5)4(2,6)7/h1-4H3;3,5-7H,1-2H3. The van der Waals surface area contributed by atoms with Crippen LogP contribution in [-0.2, 0) is 0 Å². The van der Waals surface area contributed by atoms with Gasteiger partial charge in [-0.2, -0.15) is 0 Å². The first-order chi connectivity index (χ1) is 5.59. The maximum Gasteiger partial charge on any atom is 0.186 e.